The Hall–Kier alpha value is -3.21. The number of nitro benzene ring substituents is 2. The summed E-state index contributed by atoms with van der Waals surface area (Å²) in [5.41, 5.74) is -2.12. The van der Waals surface area contributed by atoms with Crippen molar-refractivity contribution in [2.24, 2.45) is 5.10 Å². The van der Waals surface area contributed by atoms with E-state index in [0.717, 1.165) is 6.21 Å². The number of nitrogens with one attached hydrogen (secondary N) is 1. The van der Waals surface area contributed by atoms with Gasteiger partial charge in [0.25, 0.3) is 0 Å². The Morgan fingerprint density at radius 3 is 2.08 bits per heavy atom. The molecule has 0 saturated heterocycles. The molecule has 2 rings (SSSR count). The molecular formula is C14H8ClF3N4O4. The van der Waals surface area contributed by atoms with Crippen molar-refractivity contribution >= 4 is 34.9 Å². The van der Waals surface area contributed by atoms with Crippen LogP contribution in [-0.2, 0) is 6.18 Å². The maximum absolute atomic E-state index is 12.8. The smallest absolute Gasteiger partial charge is 0.266 e. The molecule has 8 nitrogen and oxygen atoms in total. The first-order chi connectivity index (χ1) is 12.1. The number of halogens is 4. The Labute approximate surface area is 148 Å². The van der Waals surface area contributed by atoms with Crippen molar-refractivity contribution in [3.63, 3.8) is 0 Å². The fraction of sp³-hybridized carbons (Fsp3) is 0.0714. The van der Waals surface area contributed by atoms with Crippen LogP contribution in [0.25, 0.3) is 0 Å². The van der Waals surface area contributed by atoms with Gasteiger partial charge in [-0.25, -0.2) is 0 Å². The lowest BCUT2D eigenvalue weighted by Gasteiger charge is -2.09. The van der Waals surface area contributed by atoms with Crippen molar-refractivity contribution in [1.82, 2.24) is 0 Å². The largest absolute Gasteiger partial charge is 0.416 e. The van der Waals surface area contributed by atoms with E-state index in [1.54, 1.807) is 18.2 Å². The third-order valence-corrected chi connectivity index (χ3v) is 3.45. The lowest BCUT2D eigenvalue weighted by atomic mass is 10.1. The highest BCUT2D eigenvalue weighted by molar-refractivity contribution is 6.33. The van der Waals surface area contributed by atoms with Crippen molar-refractivity contribution in [3.8, 4) is 0 Å². The lowest BCUT2D eigenvalue weighted by molar-refractivity contribution is -0.392. The molecule has 0 atom stereocenters. The molecule has 26 heavy (non-hydrogen) atoms. The first kappa shape index (κ1) is 19.1. The van der Waals surface area contributed by atoms with Gasteiger partial charge in [-0.15, -0.1) is 0 Å². The van der Waals surface area contributed by atoms with Gasteiger partial charge in [-0.2, -0.15) is 18.3 Å². The second kappa shape index (κ2) is 7.35. The first-order valence-corrected chi connectivity index (χ1v) is 7.06. The van der Waals surface area contributed by atoms with Gasteiger partial charge < -0.3 is 0 Å². The summed E-state index contributed by atoms with van der Waals surface area (Å²) in [6.07, 6.45) is -3.87. The van der Waals surface area contributed by atoms with Gasteiger partial charge in [-0.3, -0.25) is 25.7 Å². The minimum Gasteiger partial charge on any atom is -0.266 e. The summed E-state index contributed by atoms with van der Waals surface area (Å²) in [6.45, 7) is 0. The van der Waals surface area contributed by atoms with Crippen LogP contribution in [0.3, 0.4) is 0 Å². The minimum absolute atomic E-state index is 0.195. The van der Waals surface area contributed by atoms with Gasteiger partial charge in [0, 0.05) is 22.7 Å². The highest BCUT2D eigenvalue weighted by Crippen LogP contribution is 2.41. The molecule has 0 spiro atoms. The SMILES string of the molecule is O=[N+]([O-])c1cc(C(F)(F)F)cc([N+](=O)[O-])c1NN=Cc1ccccc1Cl. The quantitative estimate of drug-likeness (QED) is 0.456. The van der Waals surface area contributed by atoms with Crippen LogP contribution in [0.2, 0.25) is 5.02 Å². The van der Waals surface area contributed by atoms with Gasteiger partial charge in [0.1, 0.15) is 0 Å². The maximum Gasteiger partial charge on any atom is 0.416 e. The van der Waals surface area contributed by atoms with E-state index < -0.39 is 38.6 Å². The average molecular weight is 389 g/mol. The van der Waals surface area contributed by atoms with E-state index in [-0.39, 0.29) is 17.2 Å². The van der Waals surface area contributed by atoms with E-state index in [4.69, 9.17) is 11.6 Å². The molecule has 0 aliphatic heterocycles. The first-order valence-electron chi connectivity index (χ1n) is 6.69. The molecule has 1 N–H and O–H groups in total. The van der Waals surface area contributed by atoms with E-state index in [1.807, 2.05) is 0 Å². The Bertz CT molecular complexity index is 867. The van der Waals surface area contributed by atoms with Crippen LogP contribution in [0, 0.1) is 20.2 Å². The number of benzene rings is 2. The summed E-state index contributed by atoms with van der Waals surface area (Å²) in [6, 6.07) is 6.73. The summed E-state index contributed by atoms with van der Waals surface area (Å²) >= 11 is 5.88. The molecule has 0 bridgehead atoms. The summed E-state index contributed by atoms with van der Waals surface area (Å²) in [5, 5.41) is 26.0. The van der Waals surface area contributed by atoms with Gasteiger partial charge in [0.15, 0.2) is 0 Å². The van der Waals surface area contributed by atoms with Crippen LogP contribution in [0.5, 0.6) is 0 Å². The van der Waals surface area contributed by atoms with E-state index in [9.17, 15) is 33.4 Å². The van der Waals surface area contributed by atoms with Crippen LogP contribution in [0.15, 0.2) is 41.5 Å². The zero-order valence-corrected chi connectivity index (χ0v) is 13.3. The van der Waals surface area contributed by atoms with E-state index >= 15 is 0 Å². The summed E-state index contributed by atoms with van der Waals surface area (Å²) < 4.78 is 38.4. The molecule has 136 valence electrons. The number of alkyl halides is 3. The number of nitrogens with zero attached hydrogens (tertiary/aromatic N) is 3. The third kappa shape index (κ3) is 4.25. The molecule has 2 aromatic rings. The van der Waals surface area contributed by atoms with Gasteiger partial charge in [0.05, 0.1) is 21.6 Å². The predicted octanol–water partition coefficient (Wildman–Crippen LogP) is 4.62. The highest BCUT2D eigenvalue weighted by atomic mass is 35.5. The molecule has 0 radical (unpaired) electrons. The lowest BCUT2D eigenvalue weighted by Crippen LogP contribution is -2.09. The van der Waals surface area contributed by atoms with E-state index in [0.29, 0.717) is 5.56 Å². The standard InChI is InChI=1S/C14H8ClF3N4O4/c15-10-4-2-1-3-8(10)7-19-20-13-11(21(23)24)5-9(14(16,17)18)6-12(13)22(25)26/h1-7,20H. The Kier molecular flexibility index (Phi) is 5.41. The molecular weight excluding hydrogens is 381 g/mol. The normalized spacial score (nSPS) is 11.5. The van der Waals surface area contributed by atoms with Crippen LogP contribution in [0.1, 0.15) is 11.1 Å². The summed E-state index contributed by atoms with van der Waals surface area (Å²) in [5.74, 6) is 0. The summed E-state index contributed by atoms with van der Waals surface area (Å²) in [7, 11) is 0. The zero-order valence-electron chi connectivity index (χ0n) is 12.5. The van der Waals surface area contributed by atoms with Gasteiger partial charge in [0.2, 0.25) is 5.69 Å². The van der Waals surface area contributed by atoms with E-state index in [1.165, 1.54) is 6.07 Å². The molecule has 0 aliphatic carbocycles. The van der Waals surface area contributed by atoms with Gasteiger partial charge in [-0.05, 0) is 6.07 Å². The van der Waals surface area contributed by atoms with Crippen molar-refractivity contribution in [2.45, 2.75) is 6.18 Å². The van der Waals surface area contributed by atoms with Crippen LogP contribution >= 0.6 is 11.6 Å². The second-order valence-electron chi connectivity index (χ2n) is 4.79. The maximum atomic E-state index is 12.8. The van der Waals surface area contributed by atoms with Gasteiger partial charge in [-0.1, -0.05) is 29.8 Å². The molecule has 0 aromatic heterocycles. The fourth-order valence-electron chi connectivity index (χ4n) is 1.92. The molecule has 2 aromatic carbocycles. The predicted molar refractivity (Wildman–Crippen MR) is 87.4 cm³/mol. The Balaban J connectivity index is 2.51. The molecule has 0 amide bonds. The monoisotopic (exact) mass is 388 g/mol. The molecule has 0 fully saturated rings. The Morgan fingerprint density at radius 1 is 1.08 bits per heavy atom. The number of hydrogen-bond donors (Lipinski definition) is 1. The van der Waals surface area contributed by atoms with Crippen LogP contribution in [-0.4, -0.2) is 16.1 Å². The molecule has 12 heteroatoms. The molecule has 0 aliphatic rings. The topological polar surface area (TPSA) is 111 Å². The minimum atomic E-state index is -4.99. The van der Waals surface area contributed by atoms with Crippen molar-refractivity contribution in [1.29, 1.82) is 0 Å². The van der Waals surface area contributed by atoms with Gasteiger partial charge >= 0.3 is 17.6 Å². The number of nitro groups is 2. The van der Waals surface area contributed by atoms with Crippen LogP contribution < -0.4 is 5.43 Å². The van der Waals surface area contributed by atoms with Crippen molar-refractivity contribution in [3.05, 3.63) is 72.8 Å². The van der Waals surface area contributed by atoms with Crippen molar-refractivity contribution < 1.29 is 23.0 Å². The number of hydrazone groups is 1. The highest BCUT2D eigenvalue weighted by Gasteiger charge is 2.37. The number of anilines is 1. The molecule has 0 unspecified atom stereocenters. The number of rotatable bonds is 5. The van der Waals surface area contributed by atoms with Crippen molar-refractivity contribution in [2.75, 3.05) is 5.43 Å². The average Bonchev–Trinajstić information content (AvgIpc) is 2.55. The third-order valence-electron chi connectivity index (χ3n) is 3.10. The van der Waals surface area contributed by atoms with E-state index in [2.05, 4.69) is 10.5 Å². The summed E-state index contributed by atoms with van der Waals surface area (Å²) in [4.78, 5) is 19.8. The zero-order chi connectivity index (χ0) is 19.5. The fourth-order valence-corrected chi connectivity index (χ4v) is 2.11. The van der Waals surface area contributed by atoms with Crippen LogP contribution in [0.4, 0.5) is 30.2 Å². The number of hydrogen-bond acceptors (Lipinski definition) is 6. The second-order valence-corrected chi connectivity index (χ2v) is 5.20. The molecule has 0 heterocycles. The molecule has 0 saturated carbocycles. The Morgan fingerprint density at radius 2 is 1.62 bits per heavy atom.